The van der Waals surface area contributed by atoms with E-state index < -0.39 is 0 Å². The van der Waals surface area contributed by atoms with E-state index >= 15 is 0 Å². The van der Waals surface area contributed by atoms with Crippen LogP contribution in [0.15, 0.2) is 23.1 Å². The van der Waals surface area contributed by atoms with Crippen LogP contribution >= 0.6 is 23.5 Å². The minimum Gasteiger partial charge on any atom is -0.173 e. The van der Waals surface area contributed by atoms with Crippen molar-refractivity contribution in [3.63, 3.8) is 0 Å². The first kappa shape index (κ1) is 7.06. The van der Waals surface area contributed by atoms with Gasteiger partial charge in [-0.05, 0) is 18.4 Å². The standard InChI is InChI=1S/C7H6N2S2/c1-10-6-4-2-3-5-7(6)9-11-8-5/h2-4H,1H3. The number of benzene rings is 1. The zero-order valence-corrected chi connectivity index (χ0v) is 7.58. The zero-order chi connectivity index (χ0) is 7.68. The van der Waals surface area contributed by atoms with E-state index in [-0.39, 0.29) is 0 Å². The van der Waals surface area contributed by atoms with E-state index in [1.807, 2.05) is 18.4 Å². The summed E-state index contributed by atoms with van der Waals surface area (Å²) in [4.78, 5) is 1.20. The summed E-state index contributed by atoms with van der Waals surface area (Å²) in [6.45, 7) is 0. The highest BCUT2D eigenvalue weighted by molar-refractivity contribution is 7.98. The van der Waals surface area contributed by atoms with Gasteiger partial charge in [-0.1, -0.05) is 6.07 Å². The van der Waals surface area contributed by atoms with Crippen molar-refractivity contribution in [3.05, 3.63) is 18.2 Å². The van der Waals surface area contributed by atoms with Crippen LogP contribution in [0.5, 0.6) is 0 Å². The second-order valence-corrected chi connectivity index (χ2v) is 3.47. The molecule has 2 rings (SSSR count). The normalized spacial score (nSPS) is 10.6. The van der Waals surface area contributed by atoms with Gasteiger partial charge in [0.15, 0.2) is 0 Å². The van der Waals surface area contributed by atoms with Gasteiger partial charge in [0, 0.05) is 4.90 Å². The molecule has 0 saturated carbocycles. The summed E-state index contributed by atoms with van der Waals surface area (Å²) in [6, 6.07) is 6.06. The number of hydrogen-bond donors (Lipinski definition) is 0. The number of fused-ring (bicyclic) bond motifs is 1. The summed E-state index contributed by atoms with van der Waals surface area (Å²) >= 11 is 2.98. The lowest BCUT2D eigenvalue weighted by Gasteiger charge is -1.93. The summed E-state index contributed by atoms with van der Waals surface area (Å²) in [5, 5.41) is 0. The van der Waals surface area contributed by atoms with E-state index in [1.165, 1.54) is 16.6 Å². The first-order chi connectivity index (χ1) is 5.42. The smallest absolute Gasteiger partial charge is 0.118 e. The lowest BCUT2D eigenvalue weighted by atomic mass is 10.3. The Morgan fingerprint density at radius 1 is 1.36 bits per heavy atom. The number of nitrogens with zero attached hydrogens (tertiary/aromatic N) is 2. The second kappa shape index (κ2) is 2.79. The van der Waals surface area contributed by atoms with Crippen LogP contribution in [-0.4, -0.2) is 15.0 Å². The minimum absolute atomic E-state index is 1.00. The van der Waals surface area contributed by atoms with Gasteiger partial charge in [0.25, 0.3) is 0 Å². The van der Waals surface area contributed by atoms with E-state index in [2.05, 4.69) is 14.8 Å². The summed E-state index contributed by atoms with van der Waals surface area (Å²) in [7, 11) is 0. The van der Waals surface area contributed by atoms with Gasteiger partial charge in [-0.15, -0.1) is 11.8 Å². The first-order valence-electron chi connectivity index (χ1n) is 3.17. The molecule has 1 aromatic heterocycles. The van der Waals surface area contributed by atoms with Crippen LogP contribution in [0.25, 0.3) is 11.0 Å². The first-order valence-corrected chi connectivity index (χ1v) is 5.12. The van der Waals surface area contributed by atoms with Gasteiger partial charge in [-0.3, -0.25) is 0 Å². The van der Waals surface area contributed by atoms with Crippen LogP contribution in [-0.2, 0) is 0 Å². The fourth-order valence-electron chi connectivity index (χ4n) is 0.946. The van der Waals surface area contributed by atoms with Gasteiger partial charge >= 0.3 is 0 Å². The SMILES string of the molecule is CSc1cccc2nsnc12. The van der Waals surface area contributed by atoms with Crippen molar-refractivity contribution in [1.29, 1.82) is 0 Å². The van der Waals surface area contributed by atoms with E-state index in [1.54, 1.807) is 11.8 Å². The van der Waals surface area contributed by atoms with Gasteiger partial charge in [0.1, 0.15) is 11.0 Å². The van der Waals surface area contributed by atoms with Crippen molar-refractivity contribution in [1.82, 2.24) is 8.75 Å². The molecule has 0 atom stereocenters. The molecule has 1 heterocycles. The minimum atomic E-state index is 1.00. The van der Waals surface area contributed by atoms with Gasteiger partial charge < -0.3 is 0 Å². The van der Waals surface area contributed by atoms with Crippen molar-refractivity contribution in [3.8, 4) is 0 Å². The molecule has 0 aliphatic heterocycles. The third-order valence-corrected chi connectivity index (χ3v) is 2.78. The van der Waals surface area contributed by atoms with Gasteiger partial charge in [-0.2, -0.15) is 8.75 Å². The van der Waals surface area contributed by atoms with Crippen LogP contribution in [0.4, 0.5) is 0 Å². The molecule has 0 fully saturated rings. The fourth-order valence-corrected chi connectivity index (χ4v) is 2.11. The molecule has 0 unspecified atom stereocenters. The van der Waals surface area contributed by atoms with Crippen molar-refractivity contribution in [2.24, 2.45) is 0 Å². The lowest BCUT2D eigenvalue weighted by Crippen LogP contribution is -1.73. The molecule has 0 radical (unpaired) electrons. The maximum atomic E-state index is 4.20. The van der Waals surface area contributed by atoms with Crippen LogP contribution < -0.4 is 0 Å². The van der Waals surface area contributed by atoms with Crippen LogP contribution in [0.2, 0.25) is 0 Å². The largest absolute Gasteiger partial charge is 0.173 e. The quantitative estimate of drug-likeness (QED) is 0.633. The van der Waals surface area contributed by atoms with E-state index in [4.69, 9.17) is 0 Å². The van der Waals surface area contributed by atoms with E-state index in [9.17, 15) is 0 Å². The zero-order valence-electron chi connectivity index (χ0n) is 5.94. The third kappa shape index (κ3) is 1.12. The molecule has 0 aliphatic carbocycles. The number of aromatic nitrogens is 2. The Kier molecular flexibility index (Phi) is 1.79. The van der Waals surface area contributed by atoms with Crippen LogP contribution in [0.3, 0.4) is 0 Å². The van der Waals surface area contributed by atoms with Crippen molar-refractivity contribution < 1.29 is 0 Å². The molecule has 2 nitrogen and oxygen atoms in total. The Balaban J connectivity index is 2.79. The predicted molar refractivity (Wildman–Crippen MR) is 49.2 cm³/mol. The summed E-state index contributed by atoms with van der Waals surface area (Å²) in [5.74, 6) is 0. The molecular formula is C7H6N2S2. The Morgan fingerprint density at radius 2 is 2.27 bits per heavy atom. The summed E-state index contributed by atoms with van der Waals surface area (Å²) in [6.07, 6.45) is 2.05. The number of rotatable bonds is 1. The Morgan fingerprint density at radius 3 is 3.09 bits per heavy atom. The number of hydrogen-bond acceptors (Lipinski definition) is 4. The molecule has 4 heteroatoms. The Hall–Kier alpha value is -0.610. The Bertz CT molecular complexity index is 369. The fraction of sp³-hybridized carbons (Fsp3) is 0.143. The van der Waals surface area contributed by atoms with E-state index in [0.717, 1.165) is 11.0 Å². The lowest BCUT2D eigenvalue weighted by molar-refractivity contribution is 1.48. The predicted octanol–water partition coefficient (Wildman–Crippen LogP) is 2.41. The summed E-state index contributed by atoms with van der Waals surface area (Å²) in [5.41, 5.74) is 2.03. The average Bonchev–Trinajstić information content (AvgIpc) is 2.50. The van der Waals surface area contributed by atoms with Crippen molar-refractivity contribution >= 4 is 34.5 Å². The average molecular weight is 182 g/mol. The highest BCUT2D eigenvalue weighted by Gasteiger charge is 2.01. The van der Waals surface area contributed by atoms with Crippen LogP contribution in [0.1, 0.15) is 0 Å². The number of thioether (sulfide) groups is 1. The topological polar surface area (TPSA) is 25.8 Å². The molecular weight excluding hydrogens is 176 g/mol. The molecule has 11 heavy (non-hydrogen) atoms. The molecule has 56 valence electrons. The van der Waals surface area contributed by atoms with Gasteiger partial charge in [-0.25, -0.2) is 0 Å². The molecule has 0 aliphatic rings. The molecule has 0 saturated heterocycles. The highest BCUT2D eigenvalue weighted by Crippen LogP contribution is 2.23. The van der Waals surface area contributed by atoms with E-state index in [0.29, 0.717) is 0 Å². The molecule has 0 amide bonds. The molecule has 0 bridgehead atoms. The van der Waals surface area contributed by atoms with Crippen molar-refractivity contribution in [2.45, 2.75) is 4.90 Å². The monoisotopic (exact) mass is 182 g/mol. The van der Waals surface area contributed by atoms with Crippen molar-refractivity contribution in [2.75, 3.05) is 6.26 Å². The Labute approximate surface area is 73.0 Å². The second-order valence-electron chi connectivity index (χ2n) is 2.09. The molecule has 2 aromatic rings. The van der Waals surface area contributed by atoms with Gasteiger partial charge in [0.05, 0.1) is 11.7 Å². The third-order valence-electron chi connectivity index (χ3n) is 1.47. The maximum absolute atomic E-state index is 4.20. The maximum Gasteiger partial charge on any atom is 0.118 e. The molecule has 1 aromatic carbocycles. The highest BCUT2D eigenvalue weighted by atomic mass is 32.2. The van der Waals surface area contributed by atoms with Crippen LogP contribution in [0, 0.1) is 0 Å². The molecule has 0 N–H and O–H groups in total. The molecule has 0 spiro atoms. The van der Waals surface area contributed by atoms with Gasteiger partial charge in [0.2, 0.25) is 0 Å². The summed E-state index contributed by atoms with van der Waals surface area (Å²) < 4.78 is 8.34.